The number of Topliss-reactive ketones (excluding diaryl/α,β-unsaturated/α-hetero) is 2. The first kappa shape index (κ1) is 31.6. The van der Waals surface area contributed by atoms with E-state index in [-0.39, 0.29) is 21.5 Å². The summed E-state index contributed by atoms with van der Waals surface area (Å²) in [6, 6.07) is 27.5. The van der Waals surface area contributed by atoms with Gasteiger partial charge in [-0.15, -0.1) is 0 Å². The Morgan fingerprint density at radius 2 is 0.909 bits per heavy atom. The Balaban J connectivity index is 1.46. The molecule has 0 heterocycles. The summed E-state index contributed by atoms with van der Waals surface area (Å²) in [4.78, 5) is 49.3. The standard InChI is InChI=1S/C32H26Cl2N6O4/c1-19(41)29(31(43)35-23-9-5-3-6-10-23)39-37-27-15-13-21(17-25(27)33)22-14-16-28(26(34)18-22)38-40-30(20(2)42)32(44)36-24-11-7-4-8-12-24/h3-18,37-38H,1-2H3,(H,35,43)(H,36,44)/b39-29+,40-30+. The summed E-state index contributed by atoms with van der Waals surface area (Å²) in [5.74, 6) is -2.38. The van der Waals surface area contributed by atoms with Crippen LogP contribution in [0.25, 0.3) is 11.1 Å². The zero-order valence-corrected chi connectivity index (χ0v) is 25.0. The Morgan fingerprint density at radius 3 is 1.23 bits per heavy atom. The Morgan fingerprint density at radius 1 is 0.545 bits per heavy atom. The number of carbonyl (C=O) groups is 4. The van der Waals surface area contributed by atoms with Crippen LogP contribution in [0.1, 0.15) is 13.8 Å². The highest BCUT2D eigenvalue weighted by atomic mass is 35.5. The molecule has 0 aliphatic rings. The third kappa shape index (κ3) is 8.37. The normalized spacial score (nSPS) is 11.4. The molecule has 0 bridgehead atoms. The van der Waals surface area contributed by atoms with Gasteiger partial charge in [0.25, 0.3) is 11.8 Å². The molecule has 0 radical (unpaired) electrons. The second kappa shape index (κ2) is 14.7. The molecule has 0 aliphatic heterocycles. The molecule has 10 nitrogen and oxygen atoms in total. The smallest absolute Gasteiger partial charge is 0.279 e. The molecule has 0 aliphatic carbocycles. The van der Waals surface area contributed by atoms with Gasteiger partial charge in [0.1, 0.15) is 0 Å². The van der Waals surface area contributed by atoms with Gasteiger partial charge in [-0.2, -0.15) is 10.2 Å². The van der Waals surface area contributed by atoms with Gasteiger partial charge in [0.05, 0.1) is 21.4 Å². The maximum absolute atomic E-state index is 12.6. The fraction of sp³-hybridized carbons (Fsp3) is 0.0625. The Kier molecular flexibility index (Phi) is 10.6. The van der Waals surface area contributed by atoms with Crippen molar-refractivity contribution in [1.82, 2.24) is 0 Å². The number of halogens is 2. The third-order valence-electron chi connectivity index (χ3n) is 6.01. The predicted octanol–water partition coefficient (Wildman–Crippen LogP) is 6.65. The Labute approximate surface area is 263 Å². The number of hydrazone groups is 2. The van der Waals surface area contributed by atoms with Gasteiger partial charge in [0, 0.05) is 25.2 Å². The molecule has 0 spiro atoms. The quantitative estimate of drug-likeness (QED) is 0.0832. The van der Waals surface area contributed by atoms with Gasteiger partial charge < -0.3 is 10.6 Å². The number of carbonyl (C=O) groups excluding carboxylic acids is 4. The molecule has 4 rings (SSSR count). The van der Waals surface area contributed by atoms with E-state index in [1.165, 1.54) is 13.8 Å². The maximum atomic E-state index is 12.6. The number of nitrogens with one attached hydrogen (secondary N) is 4. The summed E-state index contributed by atoms with van der Waals surface area (Å²) in [5.41, 5.74) is 7.92. The molecular weight excluding hydrogens is 603 g/mol. The molecule has 2 amide bonds. The molecule has 0 fully saturated rings. The van der Waals surface area contributed by atoms with Gasteiger partial charge in [-0.1, -0.05) is 71.7 Å². The summed E-state index contributed by atoms with van der Waals surface area (Å²) in [5, 5.41) is 13.8. The Hall–Kier alpha value is -5.32. The highest BCUT2D eigenvalue weighted by Crippen LogP contribution is 2.32. The molecule has 0 unspecified atom stereocenters. The van der Waals surface area contributed by atoms with Gasteiger partial charge >= 0.3 is 0 Å². The number of hydrogen-bond acceptors (Lipinski definition) is 8. The first-order valence-corrected chi connectivity index (χ1v) is 13.9. The van der Waals surface area contributed by atoms with Gasteiger partial charge in [-0.3, -0.25) is 30.0 Å². The molecule has 0 aromatic heterocycles. The van der Waals surface area contributed by atoms with Crippen molar-refractivity contribution in [2.45, 2.75) is 13.8 Å². The molecule has 4 N–H and O–H groups in total. The van der Waals surface area contributed by atoms with Gasteiger partial charge in [-0.05, 0) is 59.7 Å². The molecule has 44 heavy (non-hydrogen) atoms. The number of nitrogens with zero attached hydrogens (tertiary/aromatic N) is 2. The van der Waals surface area contributed by atoms with E-state index < -0.39 is 23.4 Å². The summed E-state index contributed by atoms with van der Waals surface area (Å²) >= 11 is 12.9. The molecule has 0 atom stereocenters. The van der Waals surface area contributed by atoms with Crippen LogP contribution in [-0.4, -0.2) is 34.8 Å². The average Bonchev–Trinajstić information content (AvgIpc) is 2.99. The summed E-state index contributed by atoms with van der Waals surface area (Å²) in [7, 11) is 0. The zero-order chi connectivity index (χ0) is 31.6. The van der Waals surface area contributed by atoms with Crippen molar-refractivity contribution in [2.75, 3.05) is 21.5 Å². The predicted molar refractivity (Wildman–Crippen MR) is 176 cm³/mol. The largest absolute Gasteiger partial charge is 0.320 e. The van der Waals surface area contributed by atoms with E-state index in [0.717, 1.165) is 0 Å². The molecule has 4 aromatic carbocycles. The monoisotopic (exact) mass is 628 g/mol. The summed E-state index contributed by atoms with van der Waals surface area (Å²) in [6.07, 6.45) is 0. The van der Waals surface area contributed by atoms with Gasteiger partial charge in [0.2, 0.25) is 0 Å². The topological polar surface area (TPSA) is 141 Å². The van der Waals surface area contributed by atoms with Crippen molar-refractivity contribution in [3.05, 3.63) is 107 Å². The summed E-state index contributed by atoms with van der Waals surface area (Å²) < 4.78 is 0. The minimum absolute atomic E-state index is 0.274. The second-order valence-electron chi connectivity index (χ2n) is 9.29. The van der Waals surface area contributed by atoms with E-state index in [4.69, 9.17) is 23.2 Å². The minimum atomic E-state index is -0.663. The molecule has 0 saturated carbocycles. The maximum Gasteiger partial charge on any atom is 0.279 e. The van der Waals surface area contributed by atoms with E-state index in [0.29, 0.717) is 33.9 Å². The number of amides is 2. The van der Waals surface area contributed by atoms with Crippen LogP contribution < -0.4 is 21.5 Å². The van der Waals surface area contributed by atoms with Crippen LogP contribution >= 0.6 is 23.2 Å². The van der Waals surface area contributed by atoms with E-state index >= 15 is 0 Å². The summed E-state index contributed by atoms with van der Waals surface area (Å²) in [6.45, 7) is 2.48. The number of benzene rings is 4. The number of anilines is 4. The number of hydrogen-bond donors (Lipinski definition) is 4. The van der Waals surface area contributed by atoms with Crippen molar-refractivity contribution in [3.8, 4) is 11.1 Å². The van der Waals surface area contributed by atoms with Crippen molar-refractivity contribution in [2.24, 2.45) is 10.2 Å². The highest BCUT2D eigenvalue weighted by Gasteiger charge is 2.19. The van der Waals surface area contributed by atoms with Gasteiger partial charge in [-0.25, -0.2) is 0 Å². The molecule has 12 heteroatoms. The van der Waals surface area contributed by atoms with Crippen LogP contribution in [0, 0.1) is 0 Å². The van der Waals surface area contributed by atoms with Crippen LogP contribution in [0.2, 0.25) is 10.0 Å². The number of ketones is 2. The minimum Gasteiger partial charge on any atom is -0.320 e. The lowest BCUT2D eigenvalue weighted by Gasteiger charge is -2.11. The van der Waals surface area contributed by atoms with E-state index in [2.05, 4.69) is 31.7 Å². The van der Waals surface area contributed by atoms with Gasteiger partial charge in [0.15, 0.2) is 23.0 Å². The lowest BCUT2D eigenvalue weighted by Crippen LogP contribution is -2.29. The average molecular weight is 630 g/mol. The van der Waals surface area contributed by atoms with E-state index in [1.54, 1.807) is 97.1 Å². The van der Waals surface area contributed by atoms with Crippen molar-refractivity contribution >= 4 is 80.8 Å². The second-order valence-corrected chi connectivity index (χ2v) is 10.1. The number of para-hydroxylation sites is 2. The first-order valence-electron chi connectivity index (χ1n) is 13.1. The molecule has 0 saturated heterocycles. The SMILES string of the molecule is CC(=O)/C(=N\Nc1ccc(-c2ccc(N/N=C(\C(C)=O)C(=O)Nc3ccccc3)c(Cl)c2)cc1Cl)C(=O)Nc1ccccc1. The lowest BCUT2D eigenvalue weighted by molar-refractivity contribution is -0.116. The number of rotatable bonds is 11. The molecular formula is C32H26Cl2N6O4. The molecule has 4 aromatic rings. The molecule has 222 valence electrons. The lowest BCUT2D eigenvalue weighted by atomic mass is 10.0. The van der Waals surface area contributed by atoms with Crippen LogP contribution in [0.15, 0.2) is 107 Å². The van der Waals surface area contributed by atoms with E-state index in [1.807, 2.05) is 0 Å². The fourth-order valence-corrected chi connectivity index (χ4v) is 4.25. The van der Waals surface area contributed by atoms with Crippen molar-refractivity contribution in [1.29, 1.82) is 0 Å². The Bertz CT molecular complexity index is 1650. The van der Waals surface area contributed by atoms with Crippen molar-refractivity contribution in [3.63, 3.8) is 0 Å². The fourth-order valence-electron chi connectivity index (χ4n) is 3.81. The third-order valence-corrected chi connectivity index (χ3v) is 6.63. The first-order chi connectivity index (χ1) is 21.1. The van der Waals surface area contributed by atoms with Crippen LogP contribution in [0.4, 0.5) is 22.7 Å². The van der Waals surface area contributed by atoms with Crippen molar-refractivity contribution < 1.29 is 19.2 Å². The van der Waals surface area contributed by atoms with Crippen LogP contribution in [0.3, 0.4) is 0 Å². The zero-order valence-electron chi connectivity index (χ0n) is 23.5. The van der Waals surface area contributed by atoms with E-state index in [9.17, 15) is 19.2 Å². The highest BCUT2D eigenvalue weighted by molar-refractivity contribution is 6.67. The van der Waals surface area contributed by atoms with Crippen LogP contribution in [-0.2, 0) is 19.2 Å². The van der Waals surface area contributed by atoms with Crippen LogP contribution in [0.5, 0.6) is 0 Å².